The van der Waals surface area contributed by atoms with E-state index in [9.17, 15) is 24.4 Å². The standard InChI is InChI=1S/C23H33N2O9P/c1-6-31-23(29)19-21(27)20(26)18(22(28)24(4)5)25(19)16-10-12-17(13-11-16)32-14-9-15-35(30,33-7-2)34-8-3/h10-13,26-27H,6-9,14-15H2,1-5H3. The Morgan fingerprint density at radius 2 is 1.51 bits per heavy atom. The average molecular weight is 512 g/mol. The number of carbonyl (C=O) groups excluding carboxylic acids is 2. The molecule has 1 aromatic carbocycles. The molecule has 0 aliphatic rings. The van der Waals surface area contributed by atoms with E-state index in [-0.39, 0.29) is 44.0 Å². The van der Waals surface area contributed by atoms with E-state index < -0.39 is 31.0 Å². The van der Waals surface area contributed by atoms with Gasteiger partial charge in [-0.3, -0.25) is 13.9 Å². The number of rotatable bonds is 13. The fourth-order valence-corrected chi connectivity index (χ4v) is 4.94. The van der Waals surface area contributed by atoms with E-state index in [2.05, 4.69) is 0 Å². The van der Waals surface area contributed by atoms with Gasteiger partial charge in [-0.1, -0.05) is 0 Å². The minimum Gasteiger partial charge on any atom is -0.503 e. The van der Waals surface area contributed by atoms with Crippen LogP contribution in [0.15, 0.2) is 24.3 Å². The summed E-state index contributed by atoms with van der Waals surface area (Å²) in [5.41, 5.74) is -0.337. The van der Waals surface area contributed by atoms with Crippen LogP contribution in [0.25, 0.3) is 5.69 Å². The first-order valence-corrected chi connectivity index (χ1v) is 13.0. The SMILES string of the molecule is CCOC(=O)c1c(O)c(O)c(C(=O)N(C)C)n1-c1ccc(OCCCP(=O)(OCC)OCC)cc1. The summed E-state index contributed by atoms with van der Waals surface area (Å²) in [6.07, 6.45) is 0.653. The first-order valence-electron chi connectivity index (χ1n) is 11.3. The number of esters is 1. The zero-order chi connectivity index (χ0) is 26.2. The number of carbonyl (C=O) groups is 2. The molecule has 1 heterocycles. The van der Waals surface area contributed by atoms with Gasteiger partial charge in [-0.2, -0.15) is 0 Å². The highest BCUT2D eigenvalue weighted by molar-refractivity contribution is 7.53. The average Bonchev–Trinajstić information content (AvgIpc) is 3.07. The molecule has 11 nitrogen and oxygen atoms in total. The van der Waals surface area contributed by atoms with E-state index in [0.717, 1.165) is 4.57 Å². The molecular weight excluding hydrogens is 479 g/mol. The van der Waals surface area contributed by atoms with Gasteiger partial charge in [-0.15, -0.1) is 0 Å². The Bertz CT molecular complexity index is 1050. The van der Waals surface area contributed by atoms with Gasteiger partial charge in [-0.25, -0.2) is 4.79 Å². The molecule has 0 aliphatic carbocycles. The maximum absolute atomic E-state index is 12.7. The van der Waals surface area contributed by atoms with Gasteiger partial charge in [0.2, 0.25) is 0 Å². The van der Waals surface area contributed by atoms with Crippen LogP contribution in [0.3, 0.4) is 0 Å². The number of amides is 1. The van der Waals surface area contributed by atoms with Gasteiger partial charge < -0.3 is 33.6 Å². The highest BCUT2D eigenvalue weighted by atomic mass is 31.2. The van der Waals surface area contributed by atoms with Crippen molar-refractivity contribution in [3.05, 3.63) is 35.7 Å². The van der Waals surface area contributed by atoms with Crippen LogP contribution in [0.2, 0.25) is 0 Å². The van der Waals surface area contributed by atoms with Crippen LogP contribution < -0.4 is 4.74 Å². The highest BCUT2D eigenvalue weighted by Gasteiger charge is 2.33. The Kier molecular flexibility index (Phi) is 10.2. The van der Waals surface area contributed by atoms with Gasteiger partial charge in [0.1, 0.15) is 5.75 Å². The van der Waals surface area contributed by atoms with E-state index >= 15 is 0 Å². The summed E-state index contributed by atoms with van der Waals surface area (Å²) in [4.78, 5) is 26.5. The molecule has 0 saturated carbocycles. The second kappa shape index (κ2) is 12.6. The third-order valence-corrected chi connectivity index (χ3v) is 6.96. The van der Waals surface area contributed by atoms with Crippen molar-refractivity contribution in [1.82, 2.24) is 9.47 Å². The number of ether oxygens (including phenoxy) is 2. The van der Waals surface area contributed by atoms with Crippen molar-refractivity contribution in [2.75, 3.05) is 46.7 Å². The molecule has 2 N–H and O–H groups in total. The second-order valence-electron chi connectivity index (χ2n) is 7.52. The Labute approximate surface area is 204 Å². The molecule has 0 bridgehead atoms. The van der Waals surface area contributed by atoms with E-state index in [1.807, 2.05) is 0 Å². The number of aromatic nitrogens is 1. The molecule has 0 atom stereocenters. The monoisotopic (exact) mass is 512 g/mol. The first-order chi connectivity index (χ1) is 16.6. The molecule has 35 heavy (non-hydrogen) atoms. The summed E-state index contributed by atoms with van der Waals surface area (Å²) in [6.45, 7) is 5.96. The predicted octanol–water partition coefficient (Wildman–Crippen LogP) is 3.80. The van der Waals surface area contributed by atoms with Crippen molar-refractivity contribution in [3.63, 3.8) is 0 Å². The van der Waals surface area contributed by atoms with Crippen LogP contribution >= 0.6 is 7.60 Å². The fraction of sp³-hybridized carbons (Fsp3) is 0.478. The van der Waals surface area contributed by atoms with E-state index in [0.29, 0.717) is 17.9 Å². The molecule has 0 spiro atoms. The largest absolute Gasteiger partial charge is 0.503 e. The van der Waals surface area contributed by atoms with Crippen molar-refractivity contribution in [1.29, 1.82) is 0 Å². The van der Waals surface area contributed by atoms with Gasteiger partial charge in [0.15, 0.2) is 22.9 Å². The molecule has 2 aromatic rings. The van der Waals surface area contributed by atoms with Crippen LogP contribution in [0.5, 0.6) is 17.2 Å². The number of nitrogens with zero attached hydrogens (tertiary/aromatic N) is 2. The molecular formula is C23H33N2O9P. The predicted molar refractivity (Wildman–Crippen MR) is 129 cm³/mol. The lowest BCUT2D eigenvalue weighted by Gasteiger charge is -2.17. The number of benzene rings is 1. The molecule has 1 aromatic heterocycles. The molecule has 0 unspecified atom stereocenters. The molecule has 0 fully saturated rings. The topological polar surface area (TPSA) is 137 Å². The molecule has 0 aliphatic heterocycles. The number of hydrogen-bond acceptors (Lipinski definition) is 9. The van der Waals surface area contributed by atoms with Crippen molar-refractivity contribution < 1.29 is 42.9 Å². The summed E-state index contributed by atoms with van der Waals surface area (Å²) in [7, 11) is -0.187. The van der Waals surface area contributed by atoms with Crippen LogP contribution in [0, 0.1) is 0 Å². The van der Waals surface area contributed by atoms with Crippen molar-refractivity contribution in [2.45, 2.75) is 27.2 Å². The quantitative estimate of drug-likeness (QED) is 0.233. The van der Waals surface area contributed by atoms with E-state index in [1.54, 1.807) is 45.0 Å². The smallest absolute Gasteiger partial charge is 0.359 e. The lowest BCUT2D eigenvalue weighted by atomic mass is 10.2. The van der Waals surface area contributed by atoms with Crippen LogP contribution in [0.1, 0.15) is 48.2 Å². The summed E-state index contributed by atoms with van der Waals surface area (Å²) < 4.78 is 34.9. The Morgan fingerprint density at radius 3 is 2.03 bits per heavy atom. The third kappa shape index (κ3) is 6.78. The Balaban J connectivity index is 2.27. The summed E-state index contributed by atoms with van der Waals surface area (Å²) in [6, 6.07) is 6.34. The van der Waals surface area contributed by atoms with Gasteiger partial charge in [0, 0.05) is 19.8 Å². The normalized spacial score (nSPS) is 11.3. The molecule has 194 valence electrons. The van der Waals surface area contributed by atoms with Gasteiger partial charge >= 0.3 is 13.6 Å². The van der Waals surface area contributed by atoms with Gasteiger partial charge in [0.05, 0.1) is 32.6 Å². The summed E-state index contributed by atoms with van der Waals surface area (Å²) in [5, 5.41) is 20.9. The Hall–Kier alpha value is -3.01. The van der Waals surface area contributed by atoms with Gasteiger partial charge in [0.25, 0.3) is 5.91 Å². The molecule has 2 rings (SSSR count). The molecule has 0 saturated heterocycles. The number of hydrogen-bond donors (Lipinski definition) is 2. The number of aromatic hydroxyl groups is 2. The van der Waals surface area contributed by atoms with Crippen molar-refractivity contribution in [3.8, 4) is 22.9 Å². The lowest BCUT2D eigenvalue weighted by Crippen LogP contribution is -2.25. The van der Waals surface area contributed by atoms with Crippen LogP contribution in [-0.2, 0) is 18.3 Å². The maximum atomic E-state index is 12.7. The lowest BCUT2D eigenvalue weighted by molar-refractivity contribution is 0.0513. The zero-order valence-electron chi connectivity index (χ0n) is 20.6. The van der Waals surface area contributed by atoms with Crippen molar-refractivity contribution >= 4 is 19.5 Å². The second-order valence-corrected chi connectivity index (χ2v) is 9.70. The first kappa shape index (κ1) is 28.2. The third-order valence-electron chi connectivity index (χ3n) is 4.79. The van der Waals surface area contributed by atoms with E-state index in [1.165, 1.54) is 19.0 Å². The molecule has 12 heteroatoms. The minimum atomic E-state index is -3.15. The minimum absolute atomic E-state index is 0.0352. The maximum Gasteiger partial charge on any atom is 0.359 e. The van der Waals surface area contributed by atoms with Crippen molar-refractivity contribution in [2.24, 2.45) is 0 Å². The molecule has 0 radical (unpaired) electrons. The molecule has 1 amide bonds. The fourth-order valence-electron chi connectivity index (χ4n) is 3.30. The van der Waals surface area contributed by atoms with Gasteiger partial charge in [-0.05, 0) is 51.5 Å². The van der Waals surface area contributed by atoms with Crippen LogP contribution in [0.4, 0.5) is 0 Å². The van der Waals surface area contributed by atoms with E-state index in [4.69, 9.17) is 18.5 Å². The van der Waals surface area contributed by atoms with Crippen LogP contribution in [-0.4, -0.2) is 78.2 Å². The highest BCUT2D eigenvalue weighted by Crippen LogP contribution is 2.48. The summed E-state index contributed by atoms with van der Waals surface area (Å²) >= 11 is 0. The zero-order valence-corrected chi connectivity index (χ0v) is 21.5. The Morgan fingerprint density at radius 1 is 0.943 bits per heavy atom. The summed E-state index contributed by atoms with van der Waals surface area (Å²) in [5.74, 6) is -2.51.